The van der Waals surface area contributed by atoms with Gasteiger partial charge in [0.1, 0.15) is 11.2 Å². The van der Waals surface area contributed by atoms with Crippen LogP contribution in [0.15, 0.2) is 60.7 Å². The Kier molecular flexibility index (Phi) is 6.56. The summed E-state index contributed by atoms with van der Waals surface area (Å²) in [5, 5.41) is 0. The van der Waals surface area contributed by atoms with Crippen LogP contribution in [0, 0.1) is 0 Å². The van der Waals surface area contributed by atoms with Gasteiger partial charge in [-0.2, -0.15) is 9.78 Å². The van der Waals surface area contributed by atoms with Crippen LogP contribution < -0.4 is 0 Å². The van der Waals surface area contributed by atoms with Gasteiger partial charge < -0.3 is 0 Å². The molecule has 2 aromatic carbocycles. The van der Waals surface area contributed by atoms with E-state index < -0.39 is 17.0 Å². The molecule has 0 heterocycles. The first-order valence-corrected chi connectivity index (χ1v) is 10.2. The van der Waals surface area contributed by atoms with Gasteiger partial charge in [-0.3, -0.25) is 0 Å². The molecule has 152 valence electrons. The molecule has 0 saturated heterocycles. The first-order chi connectivity index (χ1) is 13.3. The highest BCUT2D eigenvalue weighted by Gasteiger charge is 2.41. The van der Waals surface area contributed by atoms with Crippen molar-refractivity contribution in [2.75, 3.05) is 0 Å². The van der Waals surface area contributed by atoms with Crippen molar-refractivity contribution in [3.63, 3.8) is 0 Å². The molecule has 4 heteroatoms. The fourth-order valence-electron chi connectivity index (χ4n) is 3.41. The molecular formula is C24H32O4. The van der Waals surface area contributed by atoms with E-state index in [1.165, 1.54) is 6.42 Å². The number of hydrogen-bond acceptors (Lipinski definition) is 4. The van der Waals surface area contributed by atoms with Gasteiger partial charge in [-0.05, 0) is 51.7 Å². The maximum Gasteiger partial charge on any atom is 0.234 e. The number of hydrogen-bond donors (Lipinski definition) is 0. The van der Waals surface area contributed by atoms with E-state index in [1.54, 1.807) is 0 Å². The van der Waals surface area contributed by atoms with Gasteiger partial charge in [0.2, 0.25) is 5.79 Å². The van der Waals surface area contributed by atoms with Gasteiger partial charge in [-0.1, -0.05) is 67.1 Å². The normalized spacial score (nSPS) is 17.4. The van der Waals surface area contributed by atoms with E-state index in [-0.39, 0.29) is 0 Å². The third-order valence-electron chi connectivity index (χ3n) is 5.36. The summed E-state index contributed by atoms with van der Waals surface area (Å²) >= 11 is 0. The Morgan fingerprint density at radius 2 is 1.00 bits per heavy atom. The molecule has 0 bridgehead atoms. The minimum atomic E-state index is -0.893. The van der Waals surface area contributed by atoms with Crippen LogP contribution >= 0.6 is 0 Å². The fraction of sp³-hybridized carbons (Fsp3) is 0.500. The van der Waals surface area contributed by atoms with E-state index in [1.807, 2.05) is 88.4 Å². The third kappa shape index (κ3) is 5.21. The lowest BCUT2D eigenvalue weighted by molar-refractivity contribution is -0.551. The second-order valence-corrected chi connectivity index (χ2v) is 8.56. The van der Waals surface area contributed by atoms with Crippen LogP contribution in [0.3, 0.4) is 0 Å². The summed E-state index contributed by atoms with van der Waals surface area (Å²) in [6.45, 7) is 7.97. The van der Waals surface area contributed by atoms with Gasteiger partial charge in [0.05, 0.1) is 0 Å². The van der Waals surface area contributed by atoms with E-state index in [0.717, 1.165) is 36.8 Å². The molecule has 0 atom stereocenters. The van der Waals surface area contributed by atoms with Crippen molar-refractivity contribution in [1.29, 1.82) is 0 Å². The van der Waals surface area contributed by atoms with Crippen molar-refractivity contribution < 1.29 is 19.6 Å². The van der Waals surface area contributed by atoms with Crippen LogP contribution in [0.25, 0.3) is 0 Å². The summed E-state index contributed by atoms with van der Waals surface area (Å²) in [4.78, 5) is 23.8. The van der Waals surface area contributed by atoms with Gasteiger partial charge >= 0.3 is 0 Å². The second kappa shape index (κ2) is 8.75. The zero-order chi connectivity index (χ0) is 20.1. The lowest BCUT2D eigenvalue weighted by atomic mass is 9.94. The quantitative estimate of drug-likeness (QED) is 0.299. The molecule has 0 N–H and O–H groups in total. The summed E-state index contributed by atoms with van der Waals surface area (Å²) < 4.78 is 0. The lowest BCUT2D eigenvalue weighted by Gasteiger charge is -2.38. The molecule has 0 amide bonds. The molecule has 1 aliphatic carbocycles. The first kappa shape index (κ1) is 21.0. The molecule has 2 aromatic rings. The Hall–Kier alpha value is -1.72. The molecule has 0 aliphatic heterocycles. The van der Waals surface area contributed by atoms with Crippen molar-refractivity contribution >= 4 is 0 Å². The topological polar surface area (TPSA) is 36.9 Å². The zero-order valence-electron chi connectivity index (χ0n) is 17.4. The highest BCUT2D eigenvalue weighted by atomic mass is 17.3. The van der Waals surface area contributed by atoms with E-state index in [4.69, 9.17) is 19.6 Å². The van der Waals surface area contributed by atoms with Gasteiger partial charge in [-0.25, -0.2) is 9.78 Å². The average Bonchev–Trinajstić information content (AvgIpc) is 2.73. The summed E-state index contributed by atoms with van der Waals surface area (Å²) in [7, 11) is 0. The molecule has 3 rings (SSSR count). The van der Waals surface area contributed by atoms with Crippen molar-refractivity contribution in [1.82, 2.24) is 0 Å². The largest absolute Gasteiger partial charge is 0.234 e. The lowest BCUT2D eigenvalue weighted by Crippen LogP contribution is -2.42. The second-order valence-electron chi connectivity index (χ2n) is 8.56. The highest BCUT2D eigenvalue weighted by Crippen LogP contribution is 2.38. The van der Waals surface area contributed by atoms with E-state index in [9.17, 15) is 0 Å². The smallest absolute Gasteiger partial charge is 0.223 e. The zero-order valence-corrected chi connectivity index (χ0v) is 17.4. The third-order valence-corrected chi connectivity index (χ3v) is 5.36. The Labute approximate surface area is 168 Å². The Bertz CT molecular complexity index is 661. The number of benzene rings is 2. The van der Waals surface area contributed by atoms with Gasteiger partial charge in [0.25, 0.3) is 0 Å². The van der Waals surface area contributed by atoms with Crippen LogP contribution in [0.1, 0.15) is 70.9 Å². The monoisotopic (exact) mass is 384 g/mol. The van der Waals surface area contributed by atoms with Gasteiger partial charge in [-0.15, -0.1) is 0 Å². The molecular weight excluding hydrogens is 352 g/mol. The molecule has 1 fully saturated rings. The minimum Gasteiger partial charge on any atom is -0.223 e. The molecule has 0 radical (unpaired) electrons. The summed E-state index contributed by atoms with van der Waals surface area (Å²) in [6.07, 6.45) is 4.68. The molecule has 1 aliphatic rings. The van der Waals surface area contributed by atoms with Crippen LogP contribution in [0.5, 0.6) is 0 Å². The van der Waals surface area contributed by atoms with Gasteiger partial charge in [0.15, 0.2) is 0 Å². The van der Waals surface area contributed by atoms with Crippen molar-refractivity contribution in [2.24, 2.45) is 0 Å². The maximum atomic E-state index is 5.97. The maximum absolute atomic E-state index is 5.97. The standard InChI is InChI=1S/C24H32O4/c1-22(2,20-14-8-5-9-15-20)25-27-24(18-12-7-13-19-24)28-26-23(3,4)21-16-10-6-11-17-21/h5-6,8-11,14-17H,7,12-13,18-19H2,1-4H3. The van der Waals surface area contributed by atoms with E-state index in [0.29, 0.717) is 0 Å². The van der Waals surface area contributed by atoms with E-state index in [2.05, 4.69) is 0 Å². The first-order valence-electron chi connectivity index (χ1n) is 10.2. The molecule has 28 heavy (non-hydrogen) atoms. The minimum absolute atomic E-state index is 0.593. The average molecular weight is 385 g/mol. The summed E-state index contributed by atoms with van der Waals surface area (Å²) in [5.74, 6) is -0.893. The van der Waals surface area contributed by atoms with Crippen molar-refractivity contribution in [3.8, 4) is 0 Å². The van der Waals surface area contributed by atoms with Crippen LogP contribution in [0.2, 0.25) is 0 Å². The Balaban J connectivity index is 1.69. The van der Waals surface area contributed by atoms with Crippen molar-refractivity contribution in [2.45, 2.75) is 76.8 Å². The van der Waals surface area contributed by atoms with Crippen LogP contribution in [-0.2, 0) is 30.8 Å². The van der Waals surface area contributed by atoms with Crippen molar-refractivity contribution in [3.05, 3.63) is 71.8 Å². The Morgan fingerprint density at radius 1 is 0.607 bits per heavy atom. The summed E-state index contributed by atoms with van der Waals surface area (Å²) in [6, 6.07) is 20.1. The molecule has 0 spiro atoms. The predicted octanol–water partition coefficient (Wildman–Crippen LogP) is 6.41. The highest BCUT2D eigenvalue weighted by molar-refractivity contribution is 5.21. The Morgan fingerprint density at radius 3 is 1.39 bits per heavy atom. The number of rotatable bonds is 8. The predicted molar refractivity (Wildman–Crippen MR) is 109 cm³/mol. The SMILES string of the molecule is CC(C)(OOC1(OOC(C)(C)c2ccccc2)CCCCC1)c1ccccc1. The van der Waals surface area contributed by atoms with Crippen LogP contribution in [0.4, 0.5) is 0 Å². The molecule has 1 saturated carbocycles. The fourth-order valence-corrected chi connectivity index (χ4v) is 3.41. The molecule has 0 aromatic heterocycles. The van der Waals surface area contributed by atoms with Gasteiger partial charge in [0, 0.05) is 12.8 Å². The van der Waals surface area contributed by atoms with Crippen LogP contribution in [-0.4, -0.2) is 5.79 Å². The molecule has 0 unspecified atom stereocenters. The molecule has 4 nitrogen and oxygen atoms in total. The van der Waals surface area contributed by atoms with E-state index >= 15 is 0 Å². The summed E-state index contributed by atoms with van der Waals surface area (Å²) in [5.41, 5.74) is 0.909.